The number of nitrogens with zero attached hydrogens (tertiary/aromatic N) is 2. The minimum absolute atomic E-state index is 0.0552. The van der Waals surface area contributed by atoms with Crippen molar-refractivity contribution in [1.29, 1.82) is 0 Å². The molecular weight excluding hydrogens is 496 g/mol. The van der Waals surface area contributed by atoms with E-state index < -0.39 is 17.7 Å². The van der Waals surface area contributed by atoms with Crippen LogP contribution in [0, 0.1) is 12.8 Å². The SMILES string of the molecule is CCCOc1ccc(C(O)=C2C(=O)C(=O)N(CCN(C)C)C2c2ccc(OCCC(C)C)c(OC)c2)c(C)c1. The van der Waals surface area contributed by atoms with Gasteiger partial charge in [-0.3, -0.25) is 9.59 Å². The van der Waals surface area contributed by atoms with Gasteiger partial charge in [0.1, 0.15) is 11.5 Å². The Kier molecular flexibility index (Phi) is 10.4. The second-order valence-electron chi connectivity index (χ2n) is 10.6. The molecule has 0 saturated carbocycles. The maximum Gasteiger partial charge on any atom is 0.295 e. The van der Waals surface area contributed by atoms with Crippen LogP contribution in [0.5, 0.6) is 17.2 Å². The molecule has 0 radical (unpaired) electrons. The summed E-state index contributed by atoms with van der Waals surface area (Å²) in [7, 11) is 5.37. The van der Waals surface area contributed by atoms with Crippen molar-refractivity contribution in [3.05, 3.63) is 58.7 Å². The van der Waals surface area contributed by atoms with Crippen LogP contribution in [0.15, 0.2) is 42.0 Å². The van der Waals surface area contributed by atoms with Gasteiger partial charge < -0.3 is 29.1 Å². The number of hydrogen-bond acceptors (Lipinski definition) is 7. The molecule has 1 heterocycles. The largest absolute Gasteiger partial charge is 0.507 e. The van der Waals surface area contributed by atoms with Gasteiger partial charge in [-0.05, 0) is 81.2 Å². The number of ether oxygens (including phenoxy) is 3. The first-order valence-electron chi connectivity index (χ1n) is 13.6. The zero-order chi connectivity index (χ0) is 28.7. The maximum atomic E-state index is 13.4. The molecule has 8 nitrogen and oxygen atoms in total. The number of aryl methyl sites for hydroxylation is 1. The van der Waals surface area contributed by atoms with Crippen molar-refractivity contribution in [1.82, 2.24) is 9.80 Å². The van der Waals surface area contributed by atoms with Crippen LogP contribution in [0.4, 0.5) is 0 Å². The number of rotatable bonds is 13. The summed E-state index contributed by atoms with van der Waals surface area (Å²) >= 11 is 0. The number of carbonyl (C=O) groups excluding carboxylic acids is 2. The first-order valence-corrected chi connectivity index (χ1v) is 13.6. The lowest BCUT2D eigenvalue weighted by molar-refractivity contribution is -0.140. The summed E-state index contributed by atoms with van der Waals surface area (Å²) in [4.78, 5) is 30.1. The Hall–Kier alpha value is -3.52. The summed E-state index contributed by atoms with van der Waals surface area (Å²) in [6, 6.07) is 9.95. The number of aliphatic hydroxyl groups is 1. The van der Waals surface area contributed by atoms with Crippen LogP contribution < -0.4 is 14.2 Å². The number of likely N-dealkylation sites (tertiary alicyclic amines) is 1. The Bertz CT molecular complexity index is 1200. The molecule has 2 aromatic carbocycles. The summed E-state index contributed by atoms with van der Waals surface area (Å²) in [5.74, 6) is 0.725. The summed E-state index contributed by atoms with van der Waals surface area (Å²) < 4.78 is 17.3. The Balaban J connectivity index is 2.09. The van der Waals surface area contributed by atoms with Crippen molar-refractivity contribution in [3.63, 3.8) is 0 Å². The van der Waals surface area contributed by atoms with Crippen molar-refractivity contribution in [2.75, 3.05) is 47.5 Å². The molecule has 39 heavy (non-hydrogen) atoms. The Labute approximate surface area is 232 Å². The van der Waals surface area contributed by atoms with Crippen LogP contribution in [0.25, 0.3) is 5.76 Å². The van der Waals surface area contributed by atoms with Gasteiger partial charge in [0.2, 0.25) is 0 Å². The predicted molar refractivity (Wildman–Crippen MR) is 152 cm³/mol. The van der Waals surface area contributed by atoms with E-state index in [2.05, 4.69) is 13.8 Å². The molecule has 0 aromatic heterocycles. The molecule has 1 fully saturated rings. The standard InChI is InChI=1S/C31H42N2O6/c1-8-16-38-23-10-11-24(21(4)18-23)29(34)27-28(33(15-14-32(5)6)31(36)30(27)35)22-9-12-25(26(19-22)37-7)39-17-13-20(2)3/h9-12,18-20,28,34H,8,13-17H2,1-7H3. The second kappa shape index (κ2) is 13.5. The lowest BCUT2D eigenvalue weighted by atomic mass is 9.93. The zero-order valence-corrected chi connectivity index (χ0v) is 24.2. The molecule has 1 saturated heterocycles. The fourth-order valence-electron chi connectivity index (χ4n) is 4.50. The quantitative estimate of drug-likeness (QED) is 0.213. The number of likely N-dealkylation sites (N-methyl/N-ethyl adjacent to an activating group) is 1. The van der Waals surface area contributed by atoms with Crippen LogP contribution in [-0.4, -0.2) is 74.1 Å². The molecule has 1 aliphatic rings. The summed E-state index contributed by atoms with van der Waals surface area (Å²) in [5.41, 5.74) is 1.93. The van der Waals surface area contributed by atoms with Crippen LogP contribution in [-0.2, 0) is 9.59 Å². The summed E-state index contributed by atoms with van der Waals surface area (Å²) in [5, 5.41) is 11.5. The van der Waals surface area contributed by atoms with Gasteiger partial charge in [-0.25, -0.2) is 0 Å². The minimum atomic E-state index is -0.779. The average molecular weight is 539 g/mol. The normalized spacial score (nSPS) is 16.8. The molecule has 1 amide bonds. The van der Waals surface area contributed by atoms with E-state index in [9.17, 15) is 14.7 Å². The lowest BCUT2D eigenvalue weighted by Gasteiger charge is -2.27. The minimum Gasteiger partial charge on any atom is -0.507 e. The van der Waals surface area contributed by atoms with Crippen molar-refractivity contribution in [3.8, 4) is 17.2 Å². The highest BCUT2D eigenvalue weighted by atomic mass is 16.5. The van der Waals surface area contributed by atoms with Crippen LogP contribution >= 0.6 is 0 Å². The van der Waals surface area contributed by atoms with Gasteiger partial charge >= 0.3 is 0 Å². The highest BCUT2D eigenvalue weighted by Crippen LogP contribution is 2.42. The van der Waals surface area contributed by atoms with Crippen molar-refractivity contribution in [2.24, 2.45) is 5.92 Å². The Morgan fingerprint density at radius 1 is 1.05 bits per heavy atom. The van der Waals surface area contributed by atoms with Gasteiger partial charge in [-0.2, -0.15) is 0 Å². The van der Waals surface area contributed by atoms with E-state index in [0.29, 0.717) is 60.6 Å². The van der Waals surface area contributed by atoms with E-state index in [1.54, 1.807) is 31.4 Å². The maximum absolute atomic E-state index is 13.4. The molecule has 0 bridgehead atoms. The number of hydrogen-bond donors (Lipinski definition) is 1. The zero-order valence-electron chi connectivity index (χ0n) is 24.2. The van der Waals surface area contributed by atoms with E-state index in [-0.39, 0.29) is 11.3 Å². The number of Topliss-reactive ketones (excluding diaryl/α,β-unsaturated/α-hetero) is 1. The topological polar surface area (TPSA) is 88.5 Å². The van der Waals surface area contributed by atoms with E-state index in [1.165, 1.54) is 4.90 Å². The number of ketones is 1. The molecule has 0 spiro atoms. The van der Waals surface area contributed by atoms with E-state index in [1.807, 2.05) is 45.0 Å². The molecule has 1 unspecified atom stereocenters. The fraction of sp³-hybridized carbons (Fsp3) is 0.484. The van der Waals surface area contributed by atoms with E-state index >= 15 is 0 Å². The van der Waals surface area contributed by atoms with Gasteiger partial charge in [0.25, 0.3) is 11.7 Å². The number of benzene rings is 2. The summed E-state index contributed by atoms with van der Waals surface area (Å²) in [6.45, 7) is 10.1. The Morgan fingerprint density at radius 2 is 1.79 bits per heavy atom. The molecule has 1 aliphatic heterocycles. The molecule has 0 aliphatic carbocycles. The predicted octanol–water partition coefficient (Wildman–Crippen LogP) is 5.20. The van der Waals surface area contributed by atoms with Gasteiger partial charge in [0.15, 0.2) is 11.5 Å². The Morgan fingerprint density at radius 3 is 2.41 bits per heavy atom. The molecule has 2 aromatic rings. The molecule has 212 valence electrons. The third-order valence-corrected chi connectivity index (χ3v) is 6.71. The first kappa shape index (κ1) is 30.0. The molecule has 1 N–H and O–H groups in total. The number of methoxy groups -OCH3 is 1. The van der Waals surface area contributed by atoms with Crippen LogP contribution in [0.2, 0.25) is 0 Å². The van der Waals surface area contributed by atoms with Crippen LogP contribution in [0.3, 0.4) is 0 Å². The highest BCUT2D eigenvalue weighted by Gasteiger charge is 2.46. The van der Waals surface area contributed by atoms with Crippen molar-refractivity contribution in [2.45, 2.75) is 46.6 Å². The van der Waals surface area contributed by atoms with Gasteiger partial charge in [0, 0.05) is 18.7 Å². The summed E-state index contributed by atoms with van der Waals surface area (Å²) in [6.07, 6.45) is 1.78. The monoisotopic (exact) mass is 538 g/mol. The van der Waals surface area contributed by atoms with E-state index in [0.717, 1.165) is 18.4 Å². The third-order valence-electron chi connectivity index (χ3n) is 6.71. The second-order valence-corrected chi connectivity index (χ2v) is 10.6. The number of amides is 1. The lowest BCUT2D eigenvalue weighted by Crippen LogP contribution is -2.35. The van der Waals surface area contributed by atoms with Crippen LogP contribution in [0.1, 0.15) is 56.3 Å². The average Bonchev–Trinajstić information content (AvgIpc) is 3.15. The molecule has 8 heteroatoms. The molecule has 3 rings (SSSR count). The highest BCUT2D eigenvalue weighted by molar-refractivity contribution is 6.46. The first-order chi connectivity index (χ1) is 18.6. The molecule has 1 atom stereocenters. The van der Waals surface area contributed by atoms with Gasteiger partial charge in [-0.1, -0.05) is 26.8 Å². The fourth-order valence-corrected chi connectivity index (χ4v) is 4.50. The number of aliphatic hydroxyl groups excluding tert-OH is 1. The molecular formula is C31H42N2O6. The van der Waals surface area contributed by atoms with E-state index in [4.69, 9.17) is 14.2 Å². The third kappa shape index (κ3) is 7.12. The van der Waals surface area contributed by atoms with Crippen molar-refractivity contribution < 1.29 is 28.9 Å². The number of carbonyl (C=O) groups is 2. The van der Waals surface area contributed by atoms with Gasteiger partial charge in [0.05, 0.1) is 31.9 Å². The van der Waals surface area contributed by atoms with Gasteiger partial charge in [-0.15, -0.1) is 0 Å². The smallest absolute Gasteiger partial charge is 0.295 e. The van der Waals surface area contributed by atoms with Crippen molar-refractivity contribution >= 4 is 17.4 Å².